The van der Waals surface area contributed by atoms with Gasteiger partial charge in [0.1, 0.15) is 11.4 Å². The summed E-state index contributed by atoms with van der Waals surface area (Å²) >= 11 is 0. The molecule has 0 bridgehead atoms. The van der Waals surface area contributed by atoms with Crippen LogP contribution in [-0.4, -0.2) is 39.7 Å². The molecule has 4 rings (SSSR count). The fourth-order valence-electron chi connectivity index (χ4n) is 3.19. The molecular formula is C18H19N5O3. The van der Waals surface area contributed by atoms with Crippen molar-refractivity contribution in [3.8, 4) is 17.4 Å². The summed E-state index contributed by atoms with van der Waals surface area (Å²) in [7, 11) is 1.65. The minimum Gasteiger partial charge on any atom is -0.496 e. The Kier molecular flexibility index (Phi) is 4.16. The molecule has 8 heteroatoms. The van der Waals surface area contributed by atoms with Crippen molar-refractivity contribution in [3.63, 3.8) is 0 Å². The number of para-hydroxylation sites is 1. The molecule has 2 N–H and O–H groups in total. The number of carbonyl (C=O) groups excluding carboxylic acids is 1. The van der Waals surface area contributed by atoms with Gasteiger partial charge in [-0.1, -0.05) is 30.3 Å². The summed E-state index contributed by atoms with van der Waals surface area (Å²) in [4.78, 5) is 24.3. The van der Waals surface area contributed by atoms with E-state index >= 15 is 0 Å². The largest absolute Gasteiger partial charge is 0.496 e. The van der Waals surface area contributed by atoms with Crippen molar-refractivity contribution >= 4 is 5.91 Å². The first kappa shape index (κ1) is 16.3. The SMILES string of the molecule is CCc1nc(-c2nc3c([nH]2)C[C@@H](c2ccccc2OC)CNC3=O)no1. The first-order valence-electron chi connectivity index (χ1n) is 8.52. The molecule has 0 radical (unpaired) electrons. The van der Waals surface area contributed by atoms with E-state index in [1.165, 1.54) is 0 Å². The van der Waals surface area contributed by atoms with Crippen LogP contribution in [0, 0.1) is 0 Å². The molecule has 0 saturated carbocycles. The zero-order valence-electron chi connectivity index (χ0n) is 14.6. The number of fused-ring (bicyclic) bond motifs is 1. The average molecular weight is 353 g/mol. The van der Waals surface area contributed by atoms with Crippen molar-refractivity contribution < 1.29 is 14.1 Å². The Morgan fingerprint density at radius 3 is 2.92 bits per heavy atom. The standard InChI is InChI=1S/C18H19N5O3/c1-3-14-21-17(23-26-14)16-20-12-8-10(9-19-18(24)15(12)22-16)11-6-4-5-7-13(11)25-2/h4-7,10H,3,8-9H2,1-2H3,(H,19,24)(H,20,22)/t10-/m1/s1. The maximum atomic E-state index is 12.5. The highest BCUT2D eigenvalue weighted by atomic mass is 16.5. The Morgan fingerprint density at radius 1 is 1.31 bits per heavy atom. The van der Waals surface area contributed by atoms with Crippen molar-refractivity contribution in [2.75, 3.05) is 13.7 Å². The predicted octanol–water partition coefficient (Wildman–Crippen LogP) is 2.10. The van der Waals surface area contributed by atoms with Gasteiger partial charge in [0.15, 0.2) is 5.82 Å². The van der Waals surface area contributed by atoms with Crippen molar-refractivity contribution in [1.82, 2.24) is 25.4 Å². The molecule has 2 aromatic heterocycles. The number of rotatable bonds is 4. The zero-order chi connectivity index (χ0) is 18.1. The number of imidazole rings is 1. The van der Waals surface area contributed by atoms with Gasteiger partial charge in [0, 0.05) is 24.6 Å². The van der Waals surface area contributed by atoms with Crippen LogP contribution in [0.1, 0.15) is 40.5 Å². The highest BCUT2D eigenvalue weighted by Crippen LogP contribution is 2.31. The topological polar surface area (TPSA) is 106 Å². The van der Waals surface area contributed by atoms with Gasteiger partial charge in [-0.15, -0.1) is 0 Å². The summed E-state index contributed by atoms with van der Waals surface area (Å²) in [6, 6.07) is 7.84. The molecule has 3 aromatic rings. The monoisotopic (exact) mass is 353 g/mol. The Morgan fingerprint density at radius 2 is 2.15 bits per heavy atom. The molecule has 0 aliphatic carbocycles. The quantitative estimate of drug-likeness (QED) is 0.744. The average Bonchev–Trinajstić information content (AvgIpc) is 3.28. The number of aryl methyl sites for hydroxylation is 1. The van der Waals surface area contributed by atoms with Crippen molar-refractivity contribution in [1.29, 1.82) is 0 Å². The molecule has 0 saturated heterocycles. The number of aromatic amines is 1. The van der Waals surface area contributed by atoms with E-state index in [0.717, 1.165) is 17.0 Å². The first-order valence-corrected chi connectivity index (χ1v) is 8.52. The minimum atomic E-state index is -0.209. The fourth-order valence-corrected chi connectivity index (χ4v) is 3.19. The molecule has 8 nitrogen and oxygen atoms in total. The van der Waals surface area contributed by atoms with Crippen LogP contribution < -0.4 is 10.1 Å². The number of carbonyl (C=O) groups is 1. The summed E-state index contributed by atoms with van der Waals surface area (Å²) in [5, 5.41) is 6.86. The number of ether oxygens (including phenoxy) is 1. The lowest BCUT2D eigenvalue weighted by atomic mass is 9.93. The second-order valence-corrected chi connectivity index (χ2v) is 6.13. The number of methoxy groups -OCH3 is 1. The summed E-state index contributed by atoms with van der Waals surface area (Å²) in [5.41, 5.74) is 2.18. The number of hydrogen-bond acceptors (Lipinski definition) is 6. The molecule has 1 aliphatic heterocycles. The van der Waals surface area contributed by atoms with Gasteiger partial charge in [-0.25, -0.2) is 4.98 Å². The Bertz CT molecular complexity index is 946. The Labute approximate surface area is 150 Å². The van der Waals surface area contributed by atoms with E-state index in [1.54, 1.807) is 7.11 Å². The van der Waals surface area contributed by atoms with E-state index in [0.29, 0.717) is 42.6 Å². The molecule has 1 atom stereocenters. The summed E-state index contributed by atoms with van der Waals surface area (Å²) < 4.78 is 10.6. The van der Waals surface area contributed by atoms with Gasteiger partial charge in [0.2, 0.25) is 11.7 Å². The van der Waals surface area contributed by atoms with E-state index in [4.69, 9.17) is 9.26 Å². The molecule has 0 unspecified atom stereocenters. The molecule has 0 fully saturated rings. The highest BCUT2D eigenvalue weighted by Gasteiger charge is 2.28. The maximum absolute atomic E-state index is 12.5. The number of amides is 1. The van der Waals surface area contributed by atoms with Gasteiger partial charge >= 0.3 is 0 Å². The number of nitrogens with one attached hydrogen (secondary N) is 2. The summed E-state index contributed by atoms with van der Waals surface area (Å²) in [6.45, 7) is 2.45. The van der Waals surface area contributed by atoms with Crippen LogP contribution in [0.5, 0.6) is 5.75 Å². The molecule has 134 valence electrons. The highest BCUT2D eigenvalue weighted by molar-refractivity contribution is 5.94. The summed E-state index contributed by atoms with van der Waals surface area (Å²) in [5.74, 6) is 2.00. The minimum absolute atomic E-state index is 0.0705. The fraction of sp³-hybridized carbons (Fsp3) is 0.333. The predicted molar refractivity (Wildman–Crippen MR) is 93.0 cm³/mol. The van der Waals surface area contributed by atoms with Crippen LogP contribution in [0.25, 0.3) is 11.6 Å². The van der Waals surface area contributed by atoms with Gasteiger partial charge in [-0.05, 0) is 18.1 Å². The number of nitrogens with zero attached hydrogens (tertiary/aromatic N) is 3. The maximum Gasteiger partial charge on any atom is 0.271 e. The lowest BCUT2D eigenvalue weighted by Crippen LogP contribution is -2.26. The van der Waals surface area contributed by atoms with E-state index in [2.05, 4.69) is 25.4 Å². The number of hydrogen-bond donors (Lipinski definition) is 2. The molecule has 26 heavy (non-hydrogen) atoms. The third-order valence-electron chi connectivity index (χ3n) is 4.51. The Balaban J connectivity index is 1.69. The van der Waals surface area contributed by atoms with Crippen molar-refractivity contribution in [2.24, 2.45) is 0 Å². The van der Waals surface area contributed by atoms with Crippen LogP contribution in [-0.2, 0) is 12.8 Å². The zero-order valence-corrected chi connectivity index (χ0v) is 14.6. The van der Waals surface area contributed by atoms with E-state index in [9.17, 15) is 4.79 Å². The van der Waals surface area contributed by atoms with Crippen LogP contribution in [0.3, 0.4) is 0 Å². The number of benzene rings is 1. The third-order valence-corrected chi connectivity index (χ3v) is 4.51. The molecule has 1 aromatic carbocycles. The van der Waals surface area contributed by atoms with Crippen LogP contribution >= 0.6 is 0 Å². The molecule has 0 spiro atoms. The van der Waals surface area contributed by atoms with E-state index in [-0.39, 0.29) is 11.8 Å². The second-order valence-electron chi connectivity index (χ2n) is 6.13. The van der Waals surface area contributed by atoms with Gasteiger partial charge in [0.05, 0.1) is 7.11 Å². The van der Waals surface area contributed by atoms with Gasteiger partial charge < -0.3 is 19.6 Å². The second kappa shape index (κ2) is 6.62. The van der Waals surface area contributed by atoms with Gasteiger partial charge in [0.25, 0.3) is 5.91 Å². The third kappa shape index (κ3) is 2.83. The normalized spacial score (nSPS) is 16.7. The van der Waals surface area contributed by atoms with Gasteiger partial charge in [-0.2, -0.15) is 4.98 Å². The smallest absolute Gasteiger partial charge is 0.271 e. The van der Waals surface area contributed by atoms with Crippen molar-refractivity contribution in [2.45, 2.75) is 25.7 Å². The van der Waals surface area contributed by atoms with E-state index in [1.807, 2.05) is 31.2 Å². The van der Waals surface area contributed by atoms with Crippen molar-refractivity contribution in [3.05, 3.63) is 47.1 Å². The molecular weight excluding hydrogens is 334 g/mol. The lowest BCUT2D eigenvalue weighted by Gasteiger charge is -2.17. The summed E-state index contributed by atoms with van der Waals surface area (Å²) in [6.07, 6.45) is 1.27. The van der Waals surface area contributed by atoms with Crippen LogP contribution in [0.2, 0.25) is 0 Å². The number of aromatic nitrogens is 4. The first-order chi connectivity index (χ1) is 12.7. The molecule has 3 heterocycles. The van der Waals surface area contributed by atoms with Crippen LogP contribution in [0.15, 0.2) is 28.8 Å². The number of H-pyrrole nitrogens is 1. The Hall–Kier alpha value is -3.16. The lowest BCUT2D eigenvalue weighted by molar-refractivity contribution is 0.0950. The van der Waals surface area contributed by atoms with Crippen LogP contribution in [0.4, 0.5) is 0 Å². The van der Waals surface area contributed by atoms with Gasteiger partial charge in [-0.3, -0.25) is 4.79 Å². The molecule has 1 amide bonds. The van der Waals surface area contributed by atoms with E-state index < -0.39 is 0 Å². The molecule has 1 aliphatic rings.